The summed E-state index contributed by atoms with van der Waals surface area (Å²) in [6.45, 7) is 2.50. The van der Waals surface area contributed by atoms with Crippen LogP contribution in [0.25, 0.3) is 0 Å². The van der Waals surface area contributed by atoms with Gasteiger partial charge in [0.1, 0.15) is 11.1 Å². The molecule has 0 amide bonds. The van der Waals surface area contributed by atoms with Crippen molar-refractivity contribution in [1.82, 2.24) is 0 Å². The largest absolute Gasteiger partial charge is 0.493 e. The quantitative estimate of drug-likeness (QED) is 0.609. The first-order valence-electron chi connectivity index (χ1n) is 8.27. The Balaban J connectivity index is 1.94. The topological polar surface area (TPSA) is 54.6 Å². The van der Waals surface area contributed by atoms with Gasteiger partial charge >= 0.3 is 0 Å². The zero-order chi connectivity index (χ0) is 17.8. The highest BCUT2D eigenvalue weighted by Gasteiger charge is 2.20. The van der Waals surface area contributed by atoms with E-state index in [1.807, 2.05) is 19.1 Å². The Morgan fingerprint density at radius 1 is 1.36 bits per heavy atom. The maximum Gasteiger partial charge on any atom is 0.175 e. The van der Waals surface area contributed by atoms with E-state index in [-0.39, 0.29) is 0 Å². The molecule has 25 heavy (non-hydrogen) atoms. The Hall–Kier alpha value is -1.84. The first-order chi connectivity index (χ1) is 12.2. The van der Waals surface area contributed by atoms with E-state index in [4.69, 9.17) is 9.47 Å². The Morgan fingerprint density at radius 2 is 2.16 bits per heavy atom. The molecule has 3 rings (SSSR count). The molecule has 0 saturated heterocycles. The van der Waals surface area contributed by atoms with Crippen LogP contribution in [0.15, 0.2) is 21.6 Å². The van der Waals surface area contributed by atoms with E-state index in [1.165, 1.54) is 16.9 Å². The van der Waals surface area contributed by atoms with Gasteiger partial charge in [-0.1, -0.05) is 0 Å². The van der Waals surface area contributed by atoms with Crippen molar-refractivity contribution < 1.29 is 9.47 Å². The third kappa shape index (κ3) is 3.73. The lowest BCUT2D eigenvalue weighted by molar-refractivity contribution is 0.309. The number of methoxy groups -OCH3 is 1. The molecular formula is C19H19BrN2O2S. The normalized spacial score (nSPS) is 13.5. The molecule has 0 radical (unpaired) electrons. The van der Waals surface area contributed by atoms with Gasteiger partial charge in [0.05, 0.1) is 23.8 Å². The zero-order valence-corrected chi connectivity index (χ0v) is 16.7. The molecule has 1 heterocycles. The van der Waals surface area contributed by atoms with Crippen molar-refractivity contribution in [2.45, 2.75) is 32.6 Å². The SMILES string of the molecule is CCOc1c(Br)cc(C=Nc2sc3c(c2C#N)CCCC3)cc1OC. The fourth-order valence-electron chi connectivity index (χ4n) is 2.99. The van der Waals surface area contributed by atoms with E-state index in [0.29, 0.717) is 18.1 Å². The molecule has 0 fully saturated rings. The van der Waals surface area contributed by atoms with Crippen LogP contribution in [0.2, 0.25) is 0 Å². The minimum absolute atomic E-state index is 0.564. The Morgan fingerprint density at radius 3 is 2.88 bits per heavy atom. The number of hydrogen-bond acceptors (Lipinski definition) is 5. The van der Waals surface area contributed by atoms with Gasteiger partial charge in [-0.3, -0.25) is 0 Å². The van der Waals surface area contributed by atoms with E-state index >= 15 is 0 Å². The number of aryl methyl sites for hydroxylation is 1. The molecule has 0 saturated carbocycles. The number of benzene rings is 1. The van der Waals surface area contributed by atoms with Gasteiger partial charge < -0.3 is 9.47 Å². The second-order valence-electron chi connectivity index (χ2n) is 5.73. The van der Waals surface area contributed by atoms with Crippen LogP contribution in [-0.4, -0.2) is 19.9 Å². The summed E-state index contributed by atoms with van der Waals surface area (Å²) in [5.74, 6) is 1.34. The molecule has 2 aromatic rings. The lowest BCUT2D eigenvalue weighted by atomic mass is 9.96. The van der Waals surface area contributed by atoms with Crippen LogP contribution >= 0.6 is 27.3 Å². The smallest absolute Gasteiger partial charge is 0.175 e. The van der Waals surface area contributed by atoms with Crippen molar-refractivity contribution >= 4 is 38.5 Å². The zero-order valence-electron chi connectivity index (χ0n) is 14.3. The van der Waals surface area contributed by atoms with Crippen molar-refractivity contribution in [3.05, 3.63) is 38.2 Å². The maximum absolute atomic E-state index is 9.52. The third-order valence-electron chi connectivity index (χ3n) is 4.14. The number of rotatable bonds is 5. The third-order valence-corrected chi connectivity index (χ3v) is 5.92. The molecule has 1 aliphatic rings. The number of aliphatic imine (C=N–C) groups is 1. The molecular weight excluding hydrogens is 400 g/mol. The Labute approximate surface area is 160 Å². The van der Waals surface area contributed by atoms with E-state index in [1.54, 1.807) is 24.7 Å². The van der Waals surface area contributed by atoms with Crippen LogP contribution in [0, 0.1) is 11.3 Å². The summed E-state index contributed by atoms with van der Waals surface area (Å²) in [7, 11) is 1.62. The molecule has 0 atom stereocenters. The fourth-order valence-corrected chi connectivity index (χ4v) is 4.75. The van der Waals surface area contributed by atoms with Crippen LogP contribution in [-0.2, 0) is 12.8 Å². The van der Waals surface area contributed by atoms with Crippen LogP contribution < -0.4 is 9.47 Å². The van der Waals surface area contributed by atoms with Crippen LogP contribution in [0.5, 0.6) is 11.5 Å². The number of hydrogen-bond donors (Lipinski definition) is 0. The summed E-state index contributed by atoms with van der Waals surface area (Å²) in [5.41, 5.74) is 2.84. The summed E-state index contributed by atoms with van der Waals surface area (Å²) in [6.07, 6.45) is 6.19. The van der Waals surface area contributed by atoms with Gasteiger partial charge in [0.15, 0.2) is 11.5 Å². The first kappa shape index (κ1) is 18.0. The molecule has 1 aromatic heterocycles. The molecule has 6 heteroatoms. The fraction of sp³-hybridized carbons (Fsp3) is 0.368. The Bertz CT molecular complexity index is 852. The molecule has 0 N–H and O–H groups in total. The van der Waals surface area contributed by atoms with Gasteiger partial charge in [-0.15, -0.1) is 11.3 Å². The average molecular weight is 419 g/mol. The molecule has 0 spiro atoms. The van der Waals surface area contributed by atoms with Crippen molar-refractivity contribution in [3.63, 3.8) is 0 Å². The molecule has 0 unspecified atom stereocenters. The van der Waals surface area contributed by atoms with Crippen molar-refractivity contribution in [1.29, 1.82) is 5.26 Å². The molecule has 130 valence electrons. The summed E-state index contributed by atoms with van der Waals surface area (Å²) in [4.78, 5) is 5.92. The van der Waals surface area contributed by atoms with Gasteiger partial charge in [-0.2, -0.15) is 5.26 Å². The molecule has 1 aliphatic carbocycles. The van der Waals surface area contributed by atoms with E-state index in [2.05, 4.69) is 27.0 Å². The summed E-state index contributed by atoms with van der Waals surface area (Å²) < 4.78 is 11.8. The number of fused-ring (bicyclic) bond motifs is 1. The lowest BCUT2D eigenvalue weighted by Crippen LogP contribution is -1.99. The second kappa shape index (κ2) is 8.03. The van der Waals surface area contributed by atoms with Crippen LogP contribution in [0.4, 0.5) is 5.00 Å². The monoisotopic (exact) mass is 418 g/mol. The molecule has 1 aromatic carbocycles. The van der Waals surface area contributed by atoms with E-state index < -0.39 is 0 Å². The maximum atomic E-state index is 9.52. The predicted molar refractivity (Wildman–Crippen MR) is 105 cm³/mol. The van der Waals surface area contributed by atoms with Gasteiger partial charge in [0.2, 0.25) is 0 Å². The molecule has 0 aliphatic heterocycles. The number of nitriles is 1. The summed E-state index contributed by atoms with van der Waals surface area (Å²) in [6, 6.07) is 6.17. The van der Waals surface area contributed by atoms with E-state index in [0.717, 1.165) is 39.9 Å². The number of nitrogens with zero attached hydrogens (tertiary/aromatic N) is 2. The van der Waals surface area contributed by atoms with E-state index in [9.17, 15) is 5.26 Å². The molecule has 4 nitrogen and oxygen atoms in total. The van der Waals surface area contributed by atoms with Crippen molar-refractivity contribution in [2.75, 3.05) is 13.7 Å². The van der Waals surface area contributed by atoms with Gasteiger partial charge in [-0.05, 0) is 71.8 Å². The highest BCUT2D eigenvalue weighted by molar-refractivity contribution is 9.10. The average Bonchev–Trinajstić information content (AvgIpc) is 2.99. The lowest BCUT2D eigenvalue weighted by Gasteiger charge is -2.11. The van der Waals surface area contributed by atoms with Crippen LogP contribution in [0.3, 0.4) is 0 Å². The van der Waals surface area contributed by atoms with Gasteiger partial charge in [0, 0.05) is 11.1 Å². The van der Waals surface area contributed by atoms with Gasteiger partial charge in [-0.25, -0.2) is 4.99 Å². The minimum Gasteiger partial charge on any atom is -0.493 e. The second-order valence-corrected chi connectivity index (χ2v) is 7.67. The number of ether oxygens (including phenoxy) is 2. The van der Waals surface area contributed by atoms with Crippen LogP contribution in [0.1, 0.15) is 41.3 Å². The highest BCUT2D eigenvalue weighted by atomic mass is 79.9. The van der Waals surface area contributed by atoms with Gasteiger partial charge in [0.25, 0.3) is 0 Å². The Kier molecular flexibility index (Phi) is 5.77. The summed E-state index contributed by atoms with van der Waals surface area (Å²) in [5, 5.41) is 10.3. The number of thiophene rings is 1. The minimum atomic E-state index is 0.564. The first-order valence-corrected chi connectivity index (χ1v) is 9.87. The standard InChI is InChI=1S/C19H19BrN2O2S/c1-3-24-18-15(20)8-12(9-16(18)23-2)11-22-19-14(10-21)13-6-4-5-7-17(13)25-19/h8-9,11H,3-7H2,1-2H3. The summed E-state index contributed by atoms with van der Waals surface area (Å²) >= 11 is 5.17. The van der Waals surface area contributed by atoms with Crippen molar-refractivity contribution in [3.8, 4) is 17.6 Å². The van der Waals surface area contributed by atoms with Crippen molar-refractivity contribution in [2.24, 2.45) is 4.99 Å². The predicted octanol–water partition coefficient (Wildman–Crippen LogP) is 5.42. The highest BCUT2D eigenvalue weighted by Crippen LogP contribution is 2.40. The number of halogens is 1. The molecule has 0 bridgehead atoms.